The average molecular weight is 443 g/mol. The Morgan fingerprint density at radius 3 is 2.42 bits per heavy atom. The topological polar surface area (TPSA) is 34.9 Å². The van der Waals surface area contributed by atoms with Crippen molar-refractivity contribution < 1.29 is 0 Å². The van der Waals surface area contributed by atoms with Crippen molar-refractivity contribution in [2.75, 3.05) is 6.26 Å². The van der Waals surface area contributed by atoms with Gasteiger partial charge in [0.2, 0.25) is 0 Å². The molecule has 0 amide bonds. The number of halogens is 1. The Bertz CT molecular complexity index is 1510. The number of benzene rings is 3. The summed E-state index contributed by atoms with van der Waals surface area (Å²) in [5.74, 6) is 0. The van der Waals surface area contributed by atoms with Gasteiger partial charge in [0.25, 0.3) is 5.56 Å². The lowest BCUT2D eigenvalue weighted by Crippen LogP contribution is -2.18. The summed E-state index contributed by atoms with van der Waals surface area (Å²) in [7, 11) is 0. The van der Waals surface area contributed by atoms with Crippen LogP contribution in [0.3, 0.4) is 0 Å². The third-order valence-electron chi connectivity index (χ3n) is 5.54. The Kier molecular flexibility index (Phi) is 5.05. The summed E-state index contributed by atoms with van der Waals surface area (Å²) in [5.41, 5.74) is 5.72. The molecule has 152 valence electrons. The van der Waals surface area contributed by atoms with Crippen molar-refractivity contribution in [1.29, 1.82) is 0 Å². The Morgan fingerprint density at radius 1 is 0.903 bits per heavy atom. The van der Waals surface area contributed by atoms with Gasteiger partial charge in [0, 0.05) is 33.0 Å². The van der Waals surface area contributed by atoms with Crippen LogP contribution in [0.25, 0.3) is 38.6 Å². The molecule has 3 nitrogen and oxygen atoms in total. The number of aryl methyl sites for hydroxylation is 1. The first-order chi connectivity index (χ1) is 15.0. The van der Waals surface area contributed by atoms with Crippen LogP contribution in [0.4, 0.5) is 0 Å². The van der Waals surface area contributed by atoms with E-state index in [1.807, 2.05) is 66.2 Å². The first-order valence-corrected chi connectivity index (χ1v) is 11.5. The molecule has 0 N–H and O–H groups in total. The van der Waals surface area contributed by atoms with Gasteiger partial charge in [-0.15, -0.1) is 11.8 Å². The van der Waals surface area contributed by atoms with E-state index in [4.69, 9.17) is 11.6 Å². The molecular weight excluding hydrogens is 424 g/mol. The molecule has 5 heteroatoms. The van der Waals surface area contributed by atoms with Gasteiger partial charge in [-0.1, -0.05) is 29.8 Å². The molecule has 3 aromatic carbocycles. The second kappa shape index (κ2) is 7.88. The fourth-order valence-electron chi connectivity index (χ4n) is 3.98. The normalized spacial score (nSPS) is 11.3. The highest BCUT2D eigenvalue weighted by Crippen LogP contribution is 2.31. The Labute approximate surface area is 189 Å². The van der Waals surface area contributed by atoms with Crippen molar-refractivity contribution in [2.24, 2.45) is 0 Å². The van der Waals surface area contributed by atoms with Crippen molar-refractivity contribution in [3.63, 3.8) is 0 Å². The van der Waals surface area contributed by atoms with Gasteiger partial charge < -0.3 is 0 Å². The zero-order chi connectivity index (χ0) is 21.5. The number of rotatable bonds is 3. The molecule has 0 unspecified atom stereocenters. The lowest BCUT2D eigenvalue weighted by molar-refractivity contribution is 1.03. The van der Waals surface area contributed by atoms with Crippen LogP contribution >= 0.6 is 23.4 Å². The molecule has 0 saturated carbocycles. The minimum absolute atomic E-state index is 0.0584. The van der Waals surface area contributed by atoms with Crippen molar-refractivity contribution in [2.45, 2.75) is 11.8 Å². The van der Waals surface area contributed by atoms with Gasteiger partial charge in [-0.05, 0) is 78.4 Å². The smallest absolute Gasteiger partial charge is 0.255 e. The van der Waals surface area contributed by atoms with Gasteiger partial charge in [0.15, 0.2) is 0 Å². The summed E-state index contributed by atoms with van der Waals surface area (Å²) in [6.07, 6.45) is 3.89. The Hall–Kier alpha value is -3.08. The second-order valence-electron chi connectivity index (χ2n) is 7.46. The maximum Gasteiger partial charge on any atom is 0.255 e. The first-order valence-electron chi connectivity index (χ1n) is 9.90. The van der Waals surface area contributed by atoms with Crippen LogP contribution in [0.5, 0.6) is 0 Å². The average Bonchev–Trinajstić information content (AvgIpc) is 2.79. The molecule has 5 aromatic rings. The van der Waals surface area contributed by atoms with E-state index in [0.29, 0.717) is 5.02 Å². The fraction of sp³-hybridized carbons (Fsp3) is 0.0769. The number of aromatic nitrogens is 2. The highest BCUT2D eigenvalue weighted by Gasteiger charge is 2.13. The minimum Gasteiger partial charge on any atom is -0.276 e. The fourth-order valence-corrected chi connectivity index (χ4v) is 4.60. The molecule has 5 rings (SSSR count). The summed E-state index contributed by atoms with van der Waals surface area (Å²) >= 11 is 7.76. The van der Waals surface area contributed by atoms with Crippen molar-refractivity contribution in [1.82, 2.24) is 9.55 Å². The molecule has 0 aliphatic carbocycles. The highest BCUT2D eigenvalue weighted by atomic mass is 35.5. The van der Waals surface area contributed by atoms with Crippen LogP contribution in [0.1, 0.15) is 5.56 Å². The first kappa shape index (κ1) is 19.9. The number of pyridine rings is 2. The largest absolute Gasteiger partial charge is 0.276 e. The minimum atomic E-state index is -0.0584. The van der Waals surface area contributed by atoms with Crippen molar-refractivity contribution in [3.8, 4) is 16.8 Å². The number of hydrogen-bond donors (Lipinski definition) is 0. The van der Waals surface area contributed by atoms with E-state index in [2.05, 4.69) is 29.4 Å². The molecule has 31 heavy (non-hydrogen) atoms. The van der Waals surface area contributed by atoms with Gasteiger partial charge in [-0.25, -0.2) is 0 Å². The van der Waals surface area contributed by atoms with Crippen LogP contribution in [0.2, 0.25) is 5.02 Å². The second-order valence-corrected chi connectivity index (χ2v) is 8.78. The molecule has 2 heterocycles. The number of fused-ring (bicyclic) bond motifs is 3. The molecule has 2 aromatic heterocycles. The third-order valence-corrected chi connectivity index (χ3v) is 6.52. The van der Waals surface area contributed by atoms with Crippen LogP contribution in [-0.2, 0) is 0 Å². The van der Waals surface area contributed by atoms with Gasteiger partial charge >= 0.3 is 0 Å². The molecule has 0 bridgehead atoms. The lowest BCUT2D eigenvalue weighted by Gasteiger charge is -2.16. The summed E-state index contributed by atoms with van der Waals surface area (Å²) in [6.45, 7) is 2.04. The molecule has 0 saturated heterocycles. The predicted octanol–water partition coefficient (Wildman–Crippen LogP) is 6.89. The summed E-state index contributed by atoms with van der Waals surface area (Å²) in [5, 5.41) is 2.57. The number of hydrogen-bond acceptors (Lipinski definition) is 3. The molecule has 0 radical (unpaired) electrons. The van der Waals surface area contributed by atoms with Gasteiger partial charge in [0.05, 0.1) is 16.7 Å². The predicted molar refractivity (Wildman–Crippen MR) is 132 cm³/mol. The monoisotopic (exact) mass is 442 g/mol. The van der Waals surface area contributed by atoms with E-state index in [0.717, 1.165) is 44.2 Å². The maximum atomic E-state index is 13.1. The van der Waals surface area contributed by atoms with Crippen molar-refractivity contribution in [3.05, 3.63) is 99.9 Å². The summed E-state index contributed by atoms with van der Waals surface area (Å²) < 4.78 is 1.81. The van der Waals surface area contributed by atoms with E-state index in [1.54, 1.807) is 17.8 Å². The summed E-state index contributed by atoms with van der Waals surface area (Å²) in [6, 6.07) is 23.6. The molecule has 0 aliphatic heterocycles. The lowest BCUT2D eigenvalue weighted by atomic mass is 10.0. The molecule has 0 fully saturated rings. The molecular formula is C26H19ClN2OS. The van der Waals surface area contributed by atoms with Crippen LogP contribution in [0.15, 0.2) is 88.7 Å². The molecule has 0 atom stereocenters. The van der Waals surface area contributed by atoms with Crippen molar-refractivity contribution >= 4 is 45.2 Å². The number of nitrogens with zero attached hydrogens (tertiary/aromatic N) is 2. The van der Waals surface area contributed by atoms with Gasteiger partial charge in [-0.3, -0.25) is 14.3 Å². The van der Waals surface area contributed by atoms with Crippen LogP contribution < -0.4 is 5.56 Å². The van der Waals surface area contributed by atoms with Crippen LogP contribution in [0, 0.1) is 6.92 Å². The quantitative estimate of drug-likeness (QED) is 0.225. The van der Waals surface area contributed by atoms with Gasteiger partial charge in [-0.2, -0.15) is 0 Å². The molecule has 0 spiro atoms. The Morgan fingerprint density at radius 2 is 1.68 bits per heavy atom. The van der Waals surface area contributed by atoms with E-state index in [-0.39, 0.29) is 5.56 Å². The maximum absolute atomic E-state index is 13.1. The van der Waals surface area contributed by atoms with E-state index in [1.165, 1.54) is 4.90 Å². The number of thioether (sulfide) groups is 1. The van der Waals surface area contributed by atoms with Gasteiger partial charge in [0.1, 0.15) is 0 Å². The SMILES string of the molecule is CSc1ccc(-n2c(=O)ccc3cnc4ccc(-c5ccc(Cl)cc5)cc4c32)c(C)c1. The van der Waals surface area contributed by atoms with E-state index >= 15 is 0 Å². The Balaban J connectivity index is 1.85. The zero-order valence-corrected chi connectivity index (χ0v) is 18.7. The van der Waals surface area contributed by atoms with E-state index in [9.17, 15) is 4.79 Å². The third kappa shape index (κ3) is 3.52. The van der Waals surface area contributed by atoms with Crippen LogP contribution in [-0.4, -0.2) is 15.8 Å². The zero-order valence-electron chi connectivity index (χ0n) is 17.1. The molecule has 0 aliphatic rings. The standard InChI is InChI=1S/C26H19ClN2OS/c1-16-13-21(31-2)9-11-24(16)29-25(30)12-6-19-15-28-23-10-5-18(14-22(23)26(19)29)17-3-7-20(27)8-4-17/h3-15H,1-2H3. The summed E-state index contributed by atoms with van der Waals surface area (Å²) in [4.78, 5) is 18.9. The van der Waals surface area contributed by atoms with E-state index < -0.39 is 0 Å². The highest BCUT2D eigenvalue weighted by molar-refractivity contribution is 7.98.